The van der Waals surface area contributed by atoms with Gasteiger partial charge < -0.3 is 0 Å². The van der Waals surface area contributed by atoms with E-state index in [2.05, 4.69) is 0 Å². The first-order valence-corrected chi connectivity index (χ1v) is 6.66. The highest BCUT2D eigenvalue weighted by atomic mass is 32.2. The van der Waals surface area contributed by atoms with Gasteiger partial charge >= 0.3 is 0 Å². The van der Waals surface area contributed by atoms with Gasteiger partial charge in [0.1, 0.15) is 5.75 Å². The van der Waals surface area contributed by atoms with Gasteiger partial charge in [-0.05, 0) is 12.1 Å². The lowest BCUT2D eigenvalue weighted by Crippen LogP contribution is -2.17. The second kappa shape index (κ2) is 5.05. The van der Waals surface area contributed by atoms with Crippen LogP contribution in [0.5, 0.6) is 0 Å². The molecule has 0 aromatic heterocycles. The van der Waals surface area contributed by atoms with Crippen LogP contribution < -0.4 is 0 Å². The van der Waals surface area contributed by atoms with Crippen molar-refractivity contribution in [3.8, 4) is 0 Å². The number of nitrogens with zero attached hydrogens (tertiary/aromatic N) is 1. The van der Waals surface area contributed by atoms with Gasteiger partial charge in [0.15, 0.2) is 15.6 Å². The molecule has 0 spiro atoms. The minimum atomic E-state index is -3.38. The molecule has 0 aliphatic rings. The maximum absolute atomic E-state index is 11.6. The summed E-state index contributed by atoms with van der Waals surface area (Å²) in [7, 11) is -3.38. The minimum Gasteiger partial charge on any atom is -0.293 e. The third-order valence-corrected chi connectivity index (χ3v) is 3.77. The van der Waals surface area contributed by atoms with E-state index in [9.17, 15) is 23.3 Å². The highest BCUT2D eigenvalue weighted by Gasteiger charge is 2.16. The predicted octanol–water partition coefficient (Wildman–Crippen LogP) is 1.21. The van der Waals surface area contributed by atoms with Crippen molar-refractivity contribution in [2.24, 2.45) is 0 Å². The molecule has 0 amide bonds. The summed E-state index contributed by atoms with van der Waals surface area (Å²) in [6.45, 7) is 1.46. The average molecular weight is 257 g/mol. The number of nitro benzene ring substituents is 1. The number of benzene rings is 1. The van der Waals surface area contributed by atoms with Gasteiger partial charge in [0.2, 0.25) is 0 Å². The van der Waals surface area contributed by atoms with E-state index in [-0.39, 0.29) is 17.0 Å². The van der Waals surface area contributed by atoms with Crippen LogP contribution in [0.4, 0.5) is 5.69 Å². The molecule has 0 aliphatic carbocycles. The SMILES string of the molecule is CCS(=O)(=O)CC(=O)c1ccc([N+](=O)[O-])cc1. The zero-order valence-corrected chi connectivity index (χ0v) is 9.94. The Labute approximate surface area is 98.3 Å². The number of carbonyl (C=O) groups is 1. The van der Waals surface area contributed by atoms with Crippen LogP contribution in [0.25, 0.3) is 0 Å². The molecule has 6 nitrogen and oxygen atoms in total. The Balaban J connectivity index is 2.88. The highest BCUT2D eigenvalue weighted by molar-refractivity contribution is 7.92. The first-order valence-electron chi connectivity index (χ1n) is 4.84. The summed E-state index contributed by atoms with van der Waals surface area (Å²) >= 11 is 0. The van der Waals surface area contributed by atoms with Crippen molar-refractivity contribution in [1.82, 2.24) is 0 Å². The average Bonchev–Trinajstić information content (AvgIpc) is 2.28. The number of ketones is 1. The third-order valence-electron chi connectivity index (χ3n) is 2.19. The number of Topliss-reactive ketones (excluding diaryl/α,β-unsaturated/α-hetero) is 1. The lowest BCUT2D eigenvalue weighted by Gasteiger charge is -2.01. The van der Waals surface area contributed by atoms with E-state index in [1.165, 1.54) is 31.2 Å². The van der Waals surface area contributed by atoms with Gasteiger partial charge in [-0.2, -0.15) is 0 Å². The fourth-order valence-corrected chi connectivity index (χ4v) is 1.92. The number of hydrogen-bond donors (Lipinski definition) is 0. The summed E-state index contributed by atoms with van der Waals surface area (Å²) in [4.78, 5) is 21.3. The molecule has 17 heavy (non-hydrogen) atoms. The van der Waals surface area contributed by atoms with Crippen molar-refractivity contribution in [2.45, 2.75) is 6.92 Å². The summed E-state index contributed by atoms with van der Waals surface area (Å²) in [6, 6.07) is 4.86. The lowest BCUT2D eigenvalue weighted by molar-refractivity contribution is -0.384. The molecule has 1 aromatic carbocycles. The van der Waals surface area contributed by atoms with E-state index in [0.29, 0.717) is 0 Å². The van der Waals surface area contributed by atoms with Crippen molar-refractivity contribution >= 4 is 21.3 Å². The minimum absolute atomic E-state index is 0.105. The van der Waals surface area contributed by atoms with E-state index in [4.69, 9.17) is 0 Å². The zero-order chi connectivity index (χ0) is 13.1. The van der Waals surface area contributed by atoms with E-state index >= 15 is 0 Å². The summed E-state index contributed by atoms with van der Waals surface area (Å²) in [5.41, 5.74) is 0.0209. The van der Waals surface area contributed by atoms with Crippen molar-refractivity contribution in [3.05, 3.63) is 39.9 Å². The van der Waals surface area contributed by atoms with Crippen LogP contribution in [0.2, 0.25) is 0 Å². The molecule has 0 aliphatic heterocycles. The third kappa shape index (κ3) is 3.63. The molecule has 0 saturated heterocycles. The normalized spacial score (nSPS) is 11.1. The standard InChI is InChI=1S/C10H11NO5S/c1-2-17(15,16)7-10(12)8-3-5-9(6-4-8)11(13)14/h3-6H,2,7H2,1H3. The van der Waals surface area contributed by atoms with Gasteiger partial charge in [0.05, 0.1) is 4.92 Å². The quantitative estimate of drug-likeness (QED) is 0.449. The maximum Gasteiger partial charge on any atom is 0.269 e. The van der Waals surface area contributed by atoms with Crippen LogP contribution in [0, 0.1) is 10.1 Å². The van der Waals surface area contributed by atoms with E-state index < -0.39 is 26.3 Å². The molecule has 7 heteroatoms. The number of hydrogen-bond acceptors (Lipinski definition) is 5. The van der Waals surface area contributed by atoms with Crippen LogP contribution in [0.3, 0.4) is 0 Å². The van der Waals surface area contributed by atoms with E-state index in [1.807, 2.05) is 0 Å². The summed E-state index contributed by atoms with van der Waals surface area (Å²) in [5.74, 6) is -1.23. The molecule has 1 aromatic rings. The Morgan fingerprint density at radius 2 is 1.82 bits per heavy atom. The second-order valence-corrected chi connectivity index (χ2v) is 5.76. The van der Waals surface area contributed by atoms with Crippen molar-refractivity contribution in [3.63, 3.8) is 0 Å². The Morgan fingerprint density at radius 3 is 2.24 bits per heavy atom. The molecule has 0 unspecified atom stereocenters. The molecule has 1 rings (SSSR count). The van der Waals surface area contributed by atoms with Crippen molar-refractivity contribution < 1.29 is 18.1 Å². The summed E-state index contributed by atoms with van der Waals surface area (Å²) in [6.07, 6.45) is 0. The van der Waals surface area contributed by atoms with Gasteiger partial charge in [-0.3, -0.25) is 14.9 Å². The number of nitro groups is 1. The molecule has 0 heterocycles. The zero-order valence-electron chi connectivity index (χ0n) is 9.12. The monoisotopic (exact) mass is 257 g/mol. The molecule has 0 saturated carbocycles. The van der Waals surface area contributed by atoms with E-state index in [1.54, 1.807) is 0 Å². The van der Waals surface area contributed by atoms with Gasteiger partial charge in [-0.1, -0.05) is 6.92 Å². The molecular weight excluding hydrogens is 246 g/mol. The lowest BCUT2D eigenvalue weighted by atomic mass is 10.1. The fourth-order valence-electron chi connectivity index (χ4n) is 1.15. The van der Waals surface area contributed by atoms with Crippen molar-refractivity contribution in [1.29, 1.82) is 0 Å². The maximum atomic E-state index is 11.6. The molecule has 0 radical (unpaired) electrons. The van der Waals surface area contributed by atoms with Crippen molar-refractivity contribution in [2.75, 3.05) is 11.5 Å². The Kier molecular flexibility index (Phi) is 3.95. The topological polar surface area (TPSA) is 94.3 Å². The highest BCUT2D eigenvalue weighted by Crippen LogP contribution is 2.12. The fraction of sp³-hybridized carbons (Fsp3) is 0.300. The number of rotatable bonds is 5. The predicted molar refractivity (Wildman–Crippen MR) is 61.8 cm³/mol. The Morgan fingerprint density at radius 1 is 1.29 bits per heavy atom. The number of non-ortho nitro benzene ring substituents is 1. The van der Waals surface area contributed by atoms with Gasteiger partial charge in [-0.25, -0.2) is 8.42 Å². The molecule has 0 atom stereocenters. The van der Waals surface area contributed by atoms with Gasteiger partial charge in [-0.15, -0.1) is 0 Å². The Bertz CT molecular complexity index is 532. The first-order chi connectivity index (χ1) is 7.85. The molecule has 0 N–H and O–H groups in total. The Hall–Kier alpha value is -1.76. The van der Waals surface area contributed by atoms with Crippen LogP contribution >= 0.6 is 0 Å². The van der Waals surface area contributed by atoms with Gasteiger partial charge in [0, 0.05) is 23.4 Å². The summed E-state index contributed by atoms with van der Waals surface area (Å²) < 4.78 is 22.5. The molecule has 0 fully saturated rings. The molecule has 92 valence electrons. The van der Waals surface area contributed by atoms with E-state index in [0.717, 1.165) is 0 Å². The first kappa shape index (κ1) is 13.3. The second-order valence-electron chi connectivity index (χ2n) is 3.40. The van der Waals surface area contributed by atoms with Crippen LogP contribution in [0.15, 0.2) is 24.3 Å². The smallest absolute Gasteiger partial charge is 0.269 e. The molecular formula is C10H11NO5S. The number of sulfone groups is 1. The van der Waals surface area contributed by atoms with Crippen LogP contribution in [-0.2, 0) is 9.84 Å². The summed E-state index contributed by atoms with van der Waals surface area (Å²) in [5, 5.41) is 10.4. The van der Waals surface area contributed by atoms with Crippen LogP contribution in [-0.4, -0.2) is 30.6 Å². The largest absolute Gasteiger partial charge is 0.293 e. The van der Waals surface area contributed by atoms with Crippen LogP contribution in [0.1, 0.15) is 17.3 Å². The number of carbonyl (C=O) groups excluding carboxylic acids is 1. The molecule has 0 bridgehead atoms. The van der Waals surface area contributed by atoms with Gasteiger partial charge in [0.25, 0.3) is 5.69 Å².